The average Bonchev–Trinajstić information content (AvgIpc) is 3.46. The van der Waals surface area contributed by atoms with E-state index in [1.807, 2.05) is 59.2 Å². The Bertz CT molecular complexity index is 1400. The van der Waals surface area contributed by atoms with Crippen LogP contribution >= 0.6 is 11.8 Å². The first-order chi connectivity index (χ1) is 18.0. The maximum atomic E-state index is 12.3. The summed E-state index contributed by atoms with van der Waals surface area (Å²) in [6, 6.07) is 19.4. The highest BCUT2D eigenvalue weighted by atomic mass is 32.2. The van der Waals surface area contributed by atoms with Gasteiger partial charge in [0.05, 0.1) is 11.3 Å². The minimum atomic E-state index is -0.447. The molecule has 2 amide bonds. The Morgan fingerprint density at radius 3 is 2.57 bits per heavy atom. The van der Waals surface area contributed by atoms with Crippen LogP contribution in [-0.2, 0) is 17.9 Å². The molecule has 0 aliphatic carbocycles. The Labute approximate surface area is 218 Å². The number of carbonyl (C=O) groups excluding carboxylic acids is 2. The zero-order valence-electron chi connectivity index (χ0n) is 20.6. The Morgan fingerprint density at radius 1 is 1.08 bits per heavy atom. The summed E-state index contributed by atoms with van der Waals surface area (Å²) in [6.07, 6.45) is 1.73. The van der Waals surface area contributed by atoms with Gasteiger partial charge in [-0.15, -0.1) is 16.8 Å². The number of rotatable bonds is 10. The van der Waals surface area contributed by atoms with Crippen molar-refractivity contribution >= 4 is 23.6 Å². The number of thioether (sulfide) groups is 1. The summed E-state index contributed by atoms with van der Waals surface area (Å²) in [6.45, 7) is 7.89. The lowest BCUT2D eigenvalue weighted by Crippen LogP contribution is -2.42. The van der Waals surface area contributed by atoms with E-state index in [0.717, 1.165) is 16.9 Å². The van der Waals surface area contributed by atoms with Gasteiger partial charge in [-0.2, -0.15) is 0 Å². The molecule has 0 spiro atoms. The molecule has 2 heterocycles. The van der Waals surface area contributed by atoms with Gasteiger partial charge in [0.15, 0.2) is 11.0 Å². The lowest BCUT2D eigenvalue weighted by Gasteiger charge is -2.12. The van der Waals surface area contributed by atoms with Crippen LogP contribution in [0.2, 0.25) is 0 Å². The van der Waals surface area contributed by atoms with Gasteiger partial charge < -0.3 is 9.15 Å². The minimum absolute atomic E-state index is 0.0245. The number of benzene rings is 2. The third-order valence-corrected chi connectivity index (χ3v) is 6.33. The predicted molar refractivity (Wildman–Crippen MR) is 141 cm³/mol. The number of para-hydroxylation sites is 1. The maximum absolute atomic E-state index is 12.3. The van der Waals surface area contributed by atoms with Crippen molar-refractivity contribution < 1.29 is 18.7 Å². The number of nitrogens with zero attached hydrogens (tertiary/aromatic N) is 3. The Morgan fingerprint density at radius 2 is 1.84 bits per heavy atom. The fourth-order valence-electron chi connectivity index (χ4n) is 3.65. The highest BCUT2D eigenvalue weighted by molar-refractivity contribution is 7.99. The molecule has 0 fully saturated rings. The van der Waals surface area contributed by atoms with Gasteiger partial charge in [-0.1, -0.05) is 66.4 Å². The van der Waals surface area contributed by atoms with Crippen LogP contribution in [0.1, 0.15) is 27.7 Å². The summed E-state index contributed by atoms with van der Waals surface area (Å²) in [5.74, 6) is 1.62. The minimum Gasteiger partial charge on any atom is -0.485 e. The summed E-state index contributed by atoms with van der Waals surface area (Å²) in [7, 11) is 0. The van der Waals surface area contributed by atoms with Crippen molar-refractivity contribution in [3.8, 4) is 16.9 Å². The molecule has 2 N–H and O–H groups in total. The second-order valence-electron chi connectivity index (χ2n) is 8.07. The first-order valence-corrected chi connectivity index (χ1v) is 12.5. The number of furan rings is 1. The zero-order chi connectivity index (χ0) is 26.2. The first-order valence-electron chi connectivity index (χ1n) is 11.6. The normalized spacial score (nSPS) is 10.6. The number of hydrogen-bond donors (Lipinski definition) is 2. The van der Waals surface area contributed by atoms with Crippen LogP contribution in [0.3, 0.4) is 0 Å². The second-order valence-corrected chi connectivity index (χ2v) is 9.01. The number of nitrogens with one attached hydrogen (secondary N) is 2. The second kappa shape index (κ2) is 12.1. The van der Waals surface area contributed by atoms with Crippen LogP contribution in [0, 0.1) is 13.8 Å². The molecule has 0 saturated carbocycles. The van der Waals surface area contributed by atoms with Gasteiger partial charge in [0, 0.05) is 12.1 Å². The van der Waals surface area contributed by atoms with Gasteiger partial charge in [-0.3, -0.25) is 25.0 Å². The number of carbonyl (C=O) groups is 2. The van der Waals surface area contributed by atoms with E-state index < -0.39 is 5.91 Å². The van der Waals surface area contributed by atoms with E-state index >= 15 is 0 Å². The molecule has 0 aliphatic heterocycles. The molecule has 4 aromatic rings. The van der Waals surface area contributed by atoms with Crippen LogP contribution in [0.5, 0.6) is 5.75 Å². The summed E-state index contributed by atoms with van der Waals surface area (Å²) in [4.78, 5) is 24.6. The monoisotopic (exact) mass is 517 g/mol. The van der Waals surface area contributed by atoms with Gasteiger partial charge in [0.1, 0.15) is 23.9 Å². The highest BCUT2D eigenvalue weighted by Gasteiger charge is 2.17. The predicted octanol–water partition coefficient (Wildman–Crippen LogP) is 4.47. The van der Waals surface area contributed by atoms with Crippen molar-refractivity contribution in [1.82, 2.24) is 25.6 Å². The van der Waals surface area contributed by atoms with Gasteiger partial charge >= 0.3 is 0 Å². The number of ether oxygens (including phenoxy) is 1. The number of amides is 2. The highest BCUT2D eigenvalue weighted by Crippen LogP contribution is 2.30. The molecular formula is C27H27N5O4S. The van der Waals surface area contributed by atoms with Crippen molar-refractivity contribution in [3.05, 3.63) is 96.2 Å². The largest absolute Gasteiger partial charge is 0.485 e. The standard InChI is InChI=1S/C27H27N5O4S/c1-4-14-32-24(16-35-23-13-9-8-12-21(23)20-10-6-5-7-11-20)28-31-27(32)37-17-25(33)29-30-26(34)22-15-18(2)36-19(22)3/h4-13,15H,1,14,16-17H2,2-3H3,(H,29,33)(H,30,34). The van der Waals surface area contributed by atoms with Crippen molar-refractivity contribution in [1.29, 1.82) is 0 Å². The fraction of sp³-hybridized carbons (Fsp3) is 0.185. The van der Waals surface area contributed by atoms with Crippen LogP contribution < -0.4 is 15.6 Å². The van der Waals surface area contributed by atoms with E-state index in [9.17, 15) is 9.59 Å². The van der Waals surface area contributed by atoms with Crippen molar-refractivity contribution in [2.75, 3.05) is 5.75 Å². The molecule has 37 heavy (non-hydrogen) atoms. The Balaban J connectivity index is 1.36. The smallest absolute Gasteiger partial charge is 0.273 e. The van der Waals surface area contributed by atoms with Gasteiger partial charge in [-0.05, 0) is 31.5 Å². The molecule has 10 heteroatoms. The van der Waals surface area contributed by atoms with Crippen molar-refractivity contribution in [3.63, 3.8) is 0 Å². The van der Waals surface area contributed by atoms with E-state index in [4.69, 9.17) is 9.15 Å². The molecule has 0 saturated heterocycles. The lowest BCUT2D eigenvalue weighted by molar-refractivity contribution is -0.119. The van der Waals surface area contributed by atoms with Crippen LogP contribution in [0.4, 0.5) is 0 Å². The topological polar surface area (TPSA) is 111 Å². The molecule has 0 radical (unpaired) electrons. The van der Waals surface area contributed by atoms with Gasteiger partial charge in [-0.25, -0.2) is 0 Å². The van der Waals surface area contributed by atoms with Gasteiger partial charge in [0.2, 0.25) is 5.91 Å². The van der Waals surface area contributed by atoms with Crippen LogP contribution in [0.15, 0.2) is 82.9 Å². The molecule has 9 nitrogen and oxygen atoms in total. The Kier molecular flexibility index (Phi) is 8.42. The van der Waals surface area contributed by atoms with E-state index in [1.54, 1.807) is 26.0 Å². The summed E-state index contributed by atoms with van der Waals surface area (Å²) < 4.78 is 13.3. The number of aryl methyl sites for hydroxylation is 2. The summed E-state index contributed by atoms with van der Waals surface area (Å²) >= 11 is 1.20. The number of allylic oxidation sites excluding steroid dienone is 1. The molecule has 0 aliphatic rings. The average molecular weight is 518 g/mol. The molecule has 4 rings (SSSR count). The summed E-state index contributed by atoms with van der Waals surface area (Å²) in [5.41, 5.74) is 7.21. The van der Waals surface area contributed by atoms with Crippen LogP contribution in [0.25, 0.3) is 11.1 Å². The van der Waals surface area contributed by atoms with E-state index in [-0.39, 0.29) is 18.3 Å². The third kappa shape index (κ3) is 6.47. The molecule has 0 bridgehead atoms. The fourth-order valence-corrected chi connectivity index (χ4v) is 4.42. The molecule has 0 atom stereocenters. The maximum Gasteiger partial charge on any atom is 0.273 e. The Hall–Kier alpha value is -4.31. The van der Waals surface area contributed by atoms with Crippen molar-refractivity contribution in [2.24, 2.45) is 0 Å². The van der Waals surface area contributed by atoms with E-state index in [1.165, 1.54) is 11.8 Å². The number of hydrogen-bond acceptors (Lipinski definition) is 7. The number of aromatic nitrogens is 3. The SMILES string of the molecule is C=CCn1c(COc2ccccc2-c2ccccc2)nnc1SCC(=O)NNC(=O)c1cc(C)oc1C. The quantitative estimate of drug-likeness (QED) is 0.181. The first kappa shape index (κ1) is 25.8. The third-order valence-electron chi connectivity index (χ3n) is 5.37. The van der Waals surface area contributed by atoms with Crippen LogP contribution in [-0.4, -0.2) is 32.3 Å². The molecular weight excluding hydrogens is 490 g/mol. The zero-order valence-corrected chi connectivity index (χ0v) is 21.4. The molecule has 2 aromatic carbocycles. The van der Waals surface area contributed by atoms with E-state index in [0.29, 0.717) is 34.6 Å². The molecule has 0 unspecified atom stereocenters. The molecule has 2 aromatic heterocycles. The summed E-state index contributed by atoms with van der Waals surface area (Å²) in [5, 5.41) is 9.03. The van der Waals surface area contributed by atoms with Crippen molar-refractivity contribution in [2.45, 2.75) is 32.2 Å². The lowest BCUT2D eigenvalue weighted by atomic mass is 10.1. The van der Waals surface area contributed by atoms with Gasteiger partial charge in [0.25, 0.3) is 5.91 Å². The molecule has 190 valence electrons. The number of hydrazine groups is 1. The van der Waals surface area contributed by atoms with E-state index in [2.05, 4.69) is 27.6 Å².